The zero-order valence-corrected chi connectivity index (χ0v) is 11.8. The van der Waals surface area contributed by atoms with E-state index in [1.807, 2.05) is 24.3 Å². The van der Waals surface area contributed by atoms with E-state index in [1.165, 1.54) is 17.1 Å². The first-order valence-corrected chi connectivity index (χ1v) is 6.36. The third kappa shape index (κ3) is 3.68. The highest BCUT2D eigenvalue weighted by Gasteiger charge is 2.17. The summed E-state index contributed by atoms with van der Waals surface area (Å²) in [5, 5.41) is 9.67. The number of amides is 1. The highest BCUT2D eigenvalue weighted by molar-refractivity contribution is 5.91. The second-order valence-electron chi connectivity index (χ2n) is 5.36. The standard InChI is InChI=1S/C15H18N2O3/c1-15(2,19)10-17(3)14(18)9-8-13-16-11-6-4-5-7-12(11)20-13/h4-9,19H,10H2,1-3H3. The topological polar surface area (TPSA) is 66.6 Å². The van der Waals surface area contributed by atoms with Gasteiger partial charge in [0.05, 0.1) is 5.60 Å². The average molecular weight is 274 g/mol. The molecule has 1 amide bonds. The van der Waals surface area contributed by atoms with Crippen LogP contribution in [0.15, 0.2) is 34.8 Å². The van der Waals surface area contributed by atoms with E-state index in [2.05, 4.69) is 4.98 Å². The number of nitrogens with zero attached hydrogens (tertiary/aromatic N) is 2. The predicted molar refractivity (Wildman–Crippen MR) is 77.0 cm³/mol. The van der Waals surface area contributed by atoms with Gasteiger partial charge in [0.25, 0.3) is 0 Å². The molecule has 5 nitrogen and oxygen atoms in total. The number of carbonyl (C=O) groups is 1. The van der Waals surface area contributed by atoms with Crippen LogP contribution in [0.1, 0.15) is 19.7 Å². The van der Waals surface area contributed by atoms with Crippen molar-refractivity contribution in [1.29, 1.82) is 0 Å². The van der Waals surface area contributed by atoms with Gasteiger partial charge >= 0.3 is 0 Å². The molecule has 2 aromatic rings. The molecule has 1 N–H and O–H groups in total. The van der Waals surface area contributed by atoms with Crippen molar-refractivity contribution < 1.29 is 14.3 Å². The van der Waals surface area contributed by atoms with Gasteiger partial charge in [-0.1, -0.05) is 12.1 Å². The van der Waals surface area contributed by atoms with Gasteiger partial charge in [-0.2, -0.15) is 0 Å². The Labute approximate surface area is 117 Å². The van der Waals surface area contributed by atoms with Crippen molar-refractivity contribution in [2.75, 3.05) is 13.6 Å². The van der Waals surface area contributed by atoms with Crippen LogP contribution in [0.25, 0.3) is 17.2 Å². The zero-order valence-electron chi connectivity index (χ0n) is 11.8. The number of para-hydroxylation sites is 2. The van der Waals surface area contributed by atoms with E-state index >= 15 is 0 Å². The minimum absolute atomic E-state index is 0.214. The fourth-order valence-electron chi connectivity index (χ4n) is 1.89. The first-order valence-electron chi connectivity index (χ1n) is 6.36. The van der Waals surface area contributed by atoms with E-state index in [1.54, 1.807) is 20.9 Å². The Morgan fingerprint density at radius 3 is 2.80 bits per heavy atom. The number of rotatable bonds is 4. The Bertz CT molecular complexity index is 605. The van der Waals surface area contributed by atoms with Crippen LogP contribution in [0.4, 0.5) is 0 Å². The van der Waals surface area contributed by atoms with Crippen LogP contribution in [0.3, 0.4) is 0 Å². The Balaban J connectivity index is 2.06. The summed E-state index contributed by atoms with van der Waals surface area (Å²) < 4.78 is 5.48. The van der Waals surface area contributed by atoms with Gasteiger partial charge in [-0.3, -0.25) is 4.79 Å². The predicted octanol–water partition coefficient (Wildman–Crippen LogP) is 2.07. The Morgan fingerprint density at radius 2 is 2.15 bits per heavy atom. The molecule has 0 radical (unpaired) electrons. The first-order chi connectivity index (χ1) is 9.35. The van der Waals surface area contributed by atoms with Gasteiger partial charge in [0.1, 0.15) is 5.52 Å². The van der Waals surface area contributed by atoms with Crippen molar-refractivity contribution in [2.45, 2.75) is 19.4 Å². The molecule has 1 aromatic carbocycles. The maximum absolute atomic E-state index is 11.9. The van der Waals surface area contributed by atoms with Gasteiger partial charge in [0.15, 0.2) is 5.58 Å². The molecule has 0 bridgehead atoms. The number of carbonyl (C=O) groups excluding carboxylic acids is 1. The third-order valence-corrected chi connectivity index (χ3v) is 2.68. The van der Waals surface area contributed by atoms with Crippen molar-refractivity contribution in [1.82, 2.24) is 9.88 Å². The molecule has 0 saturated heterocycles. The summed E-state index contributed by atoms with van der Waals surface area (Å²) in [6.45, 7) is 3.56. The molecule has 2 rings (SSSR count). The molecule has 1 heterocycles. The summed E-state index contributed by atoms with van der Waals surface area (Å²) >= 11 is 0. The monoisotopic (exact) mass is 274 g/mol. The van der Waals surface area contributed by atoms with Crippen molar-refractivity contribution in [3.05, 3.63) is 36.2 Å². The lowest BCUT2D eigenvalue weighted by Crippen LogP contribution is -2.38. The minimum Gasteiger partial charge on any atom is -0.437 e. The molecule has 0 aliphatic carbocycles. The molecular weight excluding hydrogens is 256 g/mol. The maximum Gasteiger partial charge on any atom is 0.246 e. The fourth-order valence-corrected chi connectivity index (χ4v) is 1.89. The van der Waals surface area contributed by atoms with E-state index in [-0.39, 0.29) is 12.5 Å². The van der Waals surface area contributed by atoms with Gasteiger partial charge in [0.2, 0.25) is 11.8 Å². The Morgan fingerprint density at radius 1 is 1.45 bits per heavy atom. The lowest BCUT2D eigenvalue weighted by atomic mass is 10.1. The summed E-state index contributed by atoms with van der Waals surface area (Å²) in [4.78, 5) is 17.6. The zero-order chi connectivity index (χ0) is 14.8. The van der Waals surface area contributed by atoms with E-state index in [0.29, 0.717) is 11.5 Å². The van der Waals surface area contributed by atoms with Gasteiger partial charge in [0, 0.05) is 25.7 Å². The largest absolute Gasteiger partial charge is 0.437 e. The van der Waals surface area contributed by atoms with Crippen molar-refractivity contribution in [2.24, 2.45) is 0 Å². The number of likely N-dealkylation sites (N-methyl/N-ethyl adjacent to an activating group) is 1. The summed E-state index contributed by atoms with van der Waals surface area (Å²) in [6.07, 6.45) is 2.92. The molecule has 106 valence electrons. The van der Waals surface area contributed by atoms with Gasteiger partial charge in [-0.05, 0) is 26.0 Å². The number of hydrogen-bond donors (Lipinski definition) is 1. The molecule has 0 fully saturated rings. The van der Waals surface area contributed by atoms with Crippen LogP contribution in [0.5, 0.6) is 0 Å². The molecule has 0 spiro atoms. The number of hydrogen-bond acceptors (Lipinski definition) is 4. The number of benzene rings is 1. The number of oxazole rings is 1. The highest BCUT2D eigenvalue weighted by Crippen LogP contribution is 2.15. The van der Waals surface area contributed by atoms with Crippen molar-refractivity contribution in [3.63, 3.8) is 0 Å². The second kappa shape index (κ2) is 5.46. The van der Waals surface area contributed by atoms with Crippen molar-refractivity contribution in [3.8, 4) is 0 Å². The van der Waals surface area contributed by atoms with E-state index < -0.39 is 5.60 Å². The number of aliphatic hydroxyl groups is 1. The molecular formula is C15H18N2O3. The van der Waals surface area contributed by atoms with Crippen LogP contribution in [-0.4, -0.2) is 40.1 Å². The quantitative estimate of drug-likeness (QED) is 0.867. The van der Waals surface area contributed by atoms with E-state index in [4.69, 9.17) is 4.42 Å². The Kier molecular flexibility index (Phi) is 3.90. The van der Waals surface area contributed by atoms with Crippen molar-refractivity contribution >= 4 is 23.1 Å². The molecule has 0 aliphatic heterocycles. The minimum atomic E-state index is -0.921. The molecule has 0 saturated carbocycles. The van der Waals surface area contributed by atoms with Crippen LogP contribution in [0.2, 0.25) is 0 Å². The summed E-state index contributed by atoms with van der Waals surface area (Å²) in [5.74, 6) is 0.172. The van der Waals surface area contributed by atoms with Crippen LogP contribution in [0, 0.1) is 0 Å². The second-order valence-corrected chi connectivity index (χ2v) is 5.36. The molecule has 20 heavy (non-hydrogen) atoms. The normalized spacial score (nSPS) is 12.2. The summed E-state index contributed by atoms with van der Waals surface area (Å²) in [6, 6.07) is 7.41. The smallest absolute Gasteiger partial charge is 0.246 e. The molecule has 0 aliphatic rings. The molecule has 1 aromatic heterocycles. The molecule has 5 heteroatoms. The number of fused-ring (bicyclic) bond motifs is 1. The fraction of sp³-hybridized carbons (Fsp3) is 0.333. The molecule has 0 unspecified atom stereocenters. The lowest BCUT2D eigenvalue weighted by molar-refractivity contribution is -0.127. The van der Waals surface area contributed by atoms with Crippen LogP contribution in [-0.2, 0) is 4.79 Å². The first kappa shape index (κ1) is 14.3. The lowest BCUT2D eigenvalue weighted by Gasteiger charge is -2.24. The SMILES string of the molecule is CN(CC(C)(C)O)C(=O)C=Cc1nc2ccccc2o1. The van der Waals surface area contributed by atoms with E-state index in [9.17, 15) is 9.90 Å². The van der Waals surface area contributed by atoms with Gasteiger partial charge in [-0.15, -0.1) is 0 Å². The van der Waals surface area contributed by atoms with Gasteiger partial charge < -0.3 is 14.4 Å². The highest BCUT2D eigenvalue weighted by atomic mass is 16.3. The van der Waals surface area contributed by atoms with Crippen LogP contribution < -0.4 is 0 Å². The summed E-state index contributed by atoms with van der Waals surface area (Å²) in [5.41, 5.74) is 0.518. The Hall–Kier alpha value is -2.14. The van der Waals surface area contributed by atoms with E-state index in [0.717, 1.165) is 5.52 Å². The molecule has 0 atom stereocenters. The number of aromatic nitrogens is 1. The maximum atomic E-state index is 11.9. The third-order valence-electron chi connectivity index (χ3n) is 2.68. The van der Waals surface area contributed by atoms with Crippen LogP contribution >= 0.6 is 0 Å². The van der Waals surface area contributed by atoms with Gasteiger partial charge in [-0.25, -0.2) is 4.98 Å². The average Bonchev–Trinajstić information content (AvgIpc) is 2.76. The summed E-state index contributed by atoms with van der Waals surface area (Å²) in [7, 11) is 1.64.